The van der Waals surface area contributed by atoms with Crippen LogP contribution in [0.3, 0.4) is 0 Å². The number of benzene rings is 2. The molecule has 29 heavy (non-hydrogen) atoms. The second-order valence-corrected chi connectivity index (χ2v) is 8.41. The van der Waals surface area contributed by atoms with Gasteiger partial charge in [-0.05, 0) is 28.7 Å². The van der Waals surface area contributed by atoms with Crippen LogP contribution in [0.4, 0.5) is 22.0 Å². The Morgan fingerprint density at radius 3 is 2.24 bits per heavy atom. The van der Waals surface area contributed by atoms with E-state index < -0.39 is 24.2 Å². The van der Waals surface area contributed by atoms with Gasteiger partial charge in [0.25, 0.3) is 6.43 Å². The Kier molecular flexibility index (Phi) is 5.47. The topological polar surface area (TPSA) is 30.9 Å². The number of nitrogens with zero attached hydrogens (tertiary/aromatic N) is 1. The summed E-state index contributed by atoms with van der Waals surface area (Å²) in [5.41, 5.74) is 6.08. The third-order valence-electron chi connectivity index (χ3n) is 4.73. The molecule has 7 heteroatoms. The largest absolute Gasteiger partial charge is 0.417 e. The number of hydrogen-bond donors (Lipinski definition) is 1. The first-order chi connectivity index (χ1) is 13.4. The molecule has 3 rings (SSSR count). The van der Waals surface area contributed by atoms with E-state index >= 15 is 0 Å². The summed E-state index contributed by atoms with van der Waals surface area (Å²) in [6.45, 7) is 6.49. The number of aromatic nitrogens is 1. The predicted octanol–water partition coefficient (Wildman–Crippen LogP) is 6.64. The van der Waals surface area contributed by atoms with E-state index in [9.17, 15) is 22.0 Å². The molecule has 1 heterocycles. The first-order valence-electron chi connectivity index (χ1n) is 9.21. The van der Waals surface area contributed by atoms with Gasteiger partial charge in [-0.1, -0.05) is 51.1 Å². The maximum atomic E-state index is 13.4. The Balaban J connectivity index is 2.23. The van der Waals surface area contributed by atoms with Crippen molar-refractivity contribution in [2.75, 3.05) is 0 Å². The second-order valence-electron chi connectivity index (χ2n) is 8.41. The quantitative estimate of drug-likeness (QED) is 0.481. The number of fused-ring (bicyclic) bond motifs is 1. The van der Waals surface area contributed by atoms with Crippen molar-refractivity contribution < 1.29 is 22.0 Å². The molecule has 0 unspecified atom stereocenters. The molecule has 3 aromatic rings. The molecule has 0 aliphatic rings. The van der Waals surface area contributed by atoms with Crippen LogP contribution in [0.2, 0.25) is 0 Å². The molecule has 0 aliphatic heterocycles. The molecule has 0 saturated heterocycles. The van der Waals surface area contributed by atoms with Crippen molar-refractivity contribution in [1.29, 1.82) is 0 Å². The van der Waals surface area contributed by atoms with E-state index in [1.54, 1.807) is 29.0 Å². The zero-order chi connectivity index (χ0) is 21.6. The van der Waals surface area contributed by atoms with Crippen LogP contribution in [0.15, 0.2) is 48.7 Å². The van der Waals surface area contributed by atoms with Gasteiger partial charge in [-0.3, -0.25) is 0 Å². The van der Waals surface area contributed by atoms with E-state index in [1.165, 1.54) is 18.2 Å². The van der Waals surface area contributed by atoms with Gasteiger partial charge < -0.3 is 10.3 Å². The molecule has 0 bridgehead atoms. The van der Waals surface area contributed by atoms with Crippen LogP contribution in [0.25, 0.3) is 22.0 Å². The SMILES string of the molecule is CC(C)(C)Cn1cc([C@H](N)C(F)F)c2ccc(-c3ccccc3C(F)(F)F)cc21. The summed E-state index contributed by atoms with van der Waals surface area (Å²) in [5.74, 6) is 0. The van der Waals surface area contributed by atoms with E-state index in [0.29, 0.717) is 23.0 Å². The molecule has 1 atom stereocenters. The first kappa shape index (κ1) is 21.3. The van der Waals surface area contributed by atoms with Gasteiger partial charge in [0, 0.05) is 29.2 Å². The van der Waals surface area contributed by atoms with E-state index in [4.69, 9.17) is 5.73 Å². The van der Waals surface area contributed by atoms with E-state index in [1.807, 2.05) is 20.8 Å². The van der Waals surface area contributed by atoms with Crippen LogP contribution in [0, 0.1) is 5.41 Å². The Morgan fingerprint density at radius 1 is 1.00 bits per heavy atom. The summed E-state index contributed by atoms with van der Waals surface area (Å²) >= 11 is 0. The highest BCUT2D eigenvalue weighted by atomic mass is 19.4. The zero-order valence-corrected chi connectivity index (χ0v) is 16.4. The lowest BCUT2D eigenvalue weighted by atomic mass is 9.96. The Bertz CT molecular complexity index is 1010. The average molecular weight is 410 g/mol. The van der Waals surface area contributed by atoms with Crippen LogP contribution < -0.4 is 5.73 Å². The Hall–Kier alpha value is -2.41. The fourth-order valence-electron chi connectivity index (χ4n) is 3.51. The molecule has 2 aromatic carbocycles. The van der Waals surface area contributed by atoms with E-state index in [2.05, 4.69) is 0 Å². The summed E-state index contributed by atoms with van der Waals surface area (Å²) in [7, 11) is 0. The summed E-state index contributed by atoms with van der Waals surface area (Å²) in [6, 6.07) is 8.58. The van der Waals surface area contributed by atoms with Crippen LogP contribution >= 0.6 is 0 Å². The van der Waals surface area contributed by atoms with Crippen LogP contribution in [0.1, 0.15) is 37.9 Å². The lowest BCUT2D eigenvalue weighted by Crippen LogP contribution is -2.19. The lowest BCUT2D eigenvalue weighted by Gasteiger charge is -2.20. The van der Waals surface area contributed by atoms with Crippen molar-refractivity contribution in [3.8, 4) is 11.1 Å². The lowest BCUT2D eigenvalue weighted by molar-refractivity contribution is -0.137. The molecule has 0 spiro atoms. The fourth-order valence-corrected chi connectivity index (χ4v) is 3.51. The van der Waals surface area contributed by atoms with Crippen LogP contribution in [-0.2, 0) is 12.7 Å². The number of halogens is 5. The second kappa shape index (κ2) is 7.44. The van der Waals surface area contributed by atoms with Gasteiger partial charge in [-0.15, -0.1) is 0 Å². The smallest absolute Gasteiger partial charge is 0.347 e. The van der Waals surface area contributed by atoms with Crippen molar-refractivity contribution in [3.63, 3.8) is 0 Å². The van der Waals surface area contributed by atoms with Crippen molar-refractivity contribution in [1.82, 2.24) is 4.57 Å². The Labute approximate surface area is 166 Å². The minimum Gasteiger partial charge on any atom is -0.347 e. The van der Waals surface area contributed by atoms with Gasteiger partial charge >= 0.3 is 6.18 Å². The maximum absolute atomic E-state index is 13.4. The number of rotatable bonds is 4. The molecular weight excluding hydrogens is 387 g/mol. The minimum atomic E-state index is -4.50. The molecule has 0 radical (unpaired) electrons. The standard InChI is InChI=1S/C22H23F5N2/c1-21(2,3)12-29-11-16(19(28)20(23)24)15-9-8-13(10-18(15)29)14-6-4-5-7-17(14)22(25,26)27/h4-11,19-20H,12,28H2,1-3H3/t19-/m0/s1. The first-order valence-corrected chi connectivity index (χ1v) is 9.21. The molecule has 2 nitrogen and oxygen atoms in total. The minimum absolute atomic E-state index is 0.0464. The summed E-state index contributed by atoms with van der Waals surface area (Å²) in [5, 5.41) is 0.523. The Morgan fingerprint density at radius 2 is 1.66 bits per heavy atom. The number of hydrogen-bond acceptors (Lipinski definition) is 1. The van der Waals surface area contributed by atoms with Gasteiger partial charge in [-0.2, -0.15) is 13.2 Å². The molecule has 0 fully saturated rings. The van der Waals surface area contributed by atoms with Crippen molar-refractivity contribution in [2.45, 2.75) is 46.0 Å². The maximum Gasteiger partial charge on any atom is 0.417 e. The summed E-state index contributed by atoms with van der Waals surface area (Å²) < 4.78 is 68.6. The number of alkyl halides is 5. The van der Waals surface area contributed by atoms with Gasteiger partial charge in [0.1, 0.15) is 0 Å². The monoisotopic (exact) mass is 410 g/mol. The zero-order valence-electron chi connectivity index (χ0n) is 16.4. The molecular formula is C22H23F5N2. The fraction of sp³-hybridized carbons (Fsp3) is 0.364. The van der Waals surface area contributed by atoms with Crippen molar-refractivity contribution >= 4 is 10.9 Å². The molecule has 1 aromatic heterocycles. The van der Waals surface area contributed by atoms with Crippen LogP contribution in [0.5, 0.6) is 0 Å². The van der Waals surface area contributed by atoms with Gasteiger partial charge in [0.15, 0.2) is 0 Å². The number of nitrogens with two attached hydrogens (primary N) is 1. The summed E-state index contributed by atoms with van der Waals surface area (Å²) in [6.07, 6.45) is -5.65. The third kappa shape index (κ3) is 4.45. The predicted molar refractivity (Wildman–Crippen MR) is 105 cm³/mol. The highest BCUT2D eigenvalue weighted by Crippen LogP contribution is 2.39. The molecule has 0 amide bonds. The average Bonchev–Trinajstić information content (AvgIpc) is 2.96. The van der Waals surface area contributed by atoms with Gasteiger partial charge in [-0.25, -0.2) is 8.78 Å². The molecule has 2 N–H and O–H groups in total. The molecule has 156 valence electrons. The summed E-state index contributed by atoms with van der Waals surface area (Å²) in [4.78, 5) is 0. The normalized spacial score (nSPS) is 14.0. The van der Waals surface area contributed by atoms with Gasteiger partial charge in [0.05, 0.1) is 11.6 Å². The van der Waals surface area contributed by atoms with Crippen molar-refractivity contribution in [3.05, 3.63) is 59.8 Å². The van der Waals surface area contributed by atoms with E-state index in [0.717, 1.165) is 6.07 Å². The highest BCUT2D eigenvalue weighted by molar-refractivity contribution is 5.89. The molecule has 0 saturated carbocycles. The van der Waals surface area contributed by atoms with Crippen LogP contribution in [-0.4, -0.2) is 11.0 Å². The third-order valence-corrected chi connectivity index (χ3v) is 4.73. The highest BCUT2D eigenvalue weighted by Gasteiger charge is 2.33. The van der Waals surface area contributed by atoms with E-state index in [-0.39, 0.29) is 16.5 Å². The van der Waals surface area contributed by atoms with Gasteiger partial charge in [0.2, 0.25) is 0 Å². The molecule has 0 aliphatic carbocycles. The van der Waals surface area contributed by atoms with Crippen molar-refractivity contribution in [2.24, 2.45) is 11.1 Å².